The van der Waals surface area contributed by atoms with Crippen LogP contribution in [0.2, 0.25) is 0 Å². The van der Waals surface area contributed by atoms with Crippen molar-refractivity contribution in [1.82, 2.24) is 9.80 Å². The van der Waals surface area contributed by atoms with E-state index >= 15 is 0 Å². The van der Waals surface area contributed by atoms with Gasteiger partial charge in [-0.25, -0.2) is 0 Å². The van der Waals surface area contributed by atoms with Crippen LogP contribution in [-0.4, -0.2) is 47.9 Å². The Balaban J connectivity index is 1.80. The average molecular weight is 279 g/mol. The van der Waals surface area contributed by atoms with Crippen molar-refractivity contribution in [2.24, 2.45) is 11.7 Å². The molecule has 1 amide bonds. The number of nitrogens with two attached hydrogens (primary N) is 1. The van der Waals surface area contributed by atoms with E-state index in [9.17, 15) is 4.79 Å². The summed E-state index contributed by atoms with van der Waals surface area (Å²) in [5, 5.41) is 0. The van der Waals surface area contributed by atoms with E-state index in [-0.39, 0.29) is 17.9 Å². The standard InChI is InChI=1S/C15H25N3O2/c1-3-12(2)14(16)15(19)18-8-6-17(7-9-18)11-13-5-4-10-20-13/h4-5,10,12,14H,3,6-9,11,16H2,1-2H3/t12?,14-/m0/s1. The number of nitrogens with zero attached hydrogens (tertiary/aromatic N) is 2. The molecule has 0 aliphatic carbocycles. The highest BCUT2D eigenvalue weighted by atomic mass is 16.3. The molecule has 2 atom stereocenters. The van der Waals surface area contributed by atoms with Crippen LogP contribution in [0.5, 0.6) is 0 Å². The third-order valence-electron chi connectivity index (χ3n) is 4.19. The highest BCUT2D eigenvalue weighted by Crippen LogP contribution is 2.12. The van der Waals surface area contributed by atoms with Crippen LogP contribution < -0.4 is 5.73 Å². The van der Waals surface area contributed by atoms with Crippen molar-refractivity contribution in [3.8, 4) is 0 Å². The van der Waals surface area contributed by atoms with Crippen LogP contribution in [-0.2, 0) is 11.3 Å². The summed E-state index contributed by atoms with van der Waals surface area (Å²) in [4.78, 5) is 16.5. The highest BCUT2D eigenvalue weighted by molar-refractivity contribution is 5.82. The molecule has 20 heavy (non-hydrogen) atoms. The predicted octanol–water partition coefficient (Wildman–Crippen LogP) is 1.30. The molecule has 5 nitrogen and oxygen atoms in total. The lowest BCUT2D eigenvalue weighted by molar-refractivity contribution is -0.135. The zero-order valence-corrected chi connectivity index (χ0v) is 12.4. The number of carbonyl (C=O) groups is 1. The lowest BCUT2D eigenvalue weighted by Gasteiger charge is -2.36. The Morgan fingerprint density at radius 1 is 1.40 bits per heavy atom. The molecule has 0 saturated carbocycles. The summed E-state index contributed by atoms with van der Waals surface area (Å²) in [5.74, 6) is 1.31. The number of hydrogen-bond acceptors (Lipinski definition) is 4. The summed E-state index contributed by atoms with van der Waals surface area (Å²) >= 11 is 0. The van der Waals surface area contributed by atoms with E-state index in [4.69, 9.17) is 10.2 Å². The topological polar surface area (TPSA) is 62.7 Å². The Morgan fingerprint density at radius 2 is 2.10 bits per heavy atom. The fourth-order valence-corrected chi connectivity index (χ4v) is 2.46. The molecule has 1 fully saturated rings. The number of furan rings is 1. The molecule has 1 aromatic rings. The number of piperazine rings is 1. The summed E-state index contributed by atoms with van der Waals surface area (Å²) in [6, 6.07) is 3.52. The molecule has 1 aliphatic heterocycles. The Kier molecular flexibility index (Phi) is 5.20. The molecule has 112 valence electrons. The van der Waals surface area contributed by atoms with Gasteiger partial charge in [-0.1, -0.05) is 20.3 Å². The van der Waals surface area contributed by atoms with Crippen molar-refractivity contribution in [1.29, 1.82) is 0 Å². The molecular weight excluding hydrogens is 254 g/mol. The normalized spacial score (nSPS) is 19.9. The SMILES string of the molecule is CCC(C)[C@H](N)C(=O)N1CCN(Cc2ccco2)CC1. The number of hydrogen-bond donors (Lipinski definition) is 1. The van der Waals surface area contributed by atoms with Gasteiger partial charge in [0.1, 0.15) is 5.76 Å². The van der Waals surface area contributed by atoms with Gasteiger partial charge in [0, 0.05) is 26.2 Å². The molecule has 0 spiro atoms. The van der Waals surface area contributed by atoms with E-state index in [2.05, 4.69) is 11.8 Å². The van der Waals surface area contributed by atoms with E-state index in [0.29, 0.717) is 0 Å². The Hall–Kier alpha value is -1.33. The van der Waals surface area contributed by atoms with E-state index in [0.717, 1.165) is 44.9 Å². The second kappa shape index (κ2) is 6.90. The Morgan fingerprint density at radius 3 is 2.65 bits per heavy atom. The van der Waals surface area contributed by atoms with Gasteiger partial charge in [0.25, 0.3) is 0 Å². The molecule has 2 N–H and O–H groups in total. The Bertz CT molecular complexity index is 411. The van der Waals surface area contributed by atoms with Gasteiger partial charge < -0.3 is 15.1 Å². The van der Waals surface area contributed by atoms with Crippen LogP contribution in [0.4, 0.5) is 0 Å². The second-order valence-electron chi connectivity index (χ2n) is 5.59. The third kappa shape index (κ3) is 3.61. The highest BCUT2D eigenvalue weighted by Gasteiger charge is 2.27. The van der Waals surface area contributed by atoms with Crippen LogP contribution in [0.15, 0.2) is 22.8 Å². The number of amides is 1. The molecular formula is C15H25N3O2. The summed E-state index contributed by atoms with van der Waals surface area (Å²) in [5.41, 5.74) is 6.03. The van der Waals surface area contributed by atoms with Crippen LogP contribution >= 0.6 is 0 Å². The fraction of sp³-hybridized carbons (Fsp3) is 0.667. The summed E-state index contributed by atoms with van der Waals surface area (Å²) in [6.07, 6.45) is 2.63. The third-order valence-corrected chi connectivity index (χ3v) is 4.19. The molecule has 0 aromatic carbocycles. The van der Waals surface area contributed by atoms with Gasteiger partial charge in [0.05, 0.1) is 18.8 Å². The minimum atomic E-state index is -0.364. The zero-order valence-electron chi connectivity index (χ0n) is 12.4. The van der Waals surface area contributed by atoms with Crippen molar-refractivity contribution >= 4 is 5.91 Å². The summed E-state index contributed by atoms with van der Waals surface area (Å²) < 4.78 is 5.35. The van der Waals surface area contributed by atoms with Gasteiger partial charge in [-0.05, 0) is 18.1 Å². The largest absolute Gasteiger partial charge is 0.468 e. The van der Waals surface area contributed by atoms with Crippen LogP contribution in [0.3, 0.4) is 0 Å². The van der Waals surface area contributed by atoms with Crippen molar-refractivity contribution in [2.75, 3.05) is 26.2 Å². The first-order valence-corrected chi connectivity index (χ1v) is 7.41. The number of rotatable bonds is 5. The second-order valence-corrected chi connectivity index (χ2v) is 5.59. The molecule has 0 bridgehead atoms. The van der Waals surface area contributed by atoms with Gasteiger partial charge in [-0.2, -0.15) is 0 Å². The first-order chi connectivity index (χ1) is 9.61. The van der Waals surface area contributed by atoms with Crippen molar-refractivity contribution in [3.05, 3.63) is 24.2 Å². The van der Waals surface area contributed by atoms with Crippen molar-refractivity contribution in [3.63, 3.8) is 0 Å². The smallest absolute Gasteiger partial charge is 0.239 e. The molecule has 5 heteroatoms. The van der Waals surface area contributed by atoms with Gasteiger partial charge in [-0.15, -0.1) is 0 Å². The van der Waals surface area contributed by atoms with E-state index in [1.807, 2.05) is 24.0 Å². The van der Waals surface area contributed by atoms with Gasteiger partial charge in [-0.3, -0.25) is 9.69 Å². The van der Waals surface area contributed by atoms with Crippen LogP contribution in [0, 0.1) is 5.92 Å². The fourth-order valence-electron chi connectivity index (χ4n) is 2.46. The van der Waals surface area contributed by atoms with Crippen molar-refractivity contribution in [2.45, 2.75) is 32.9 Å². The lowest BCUT2D eigenvalue weighted by atomic mass is 9.98. The molecule has 1 unspecified atom stereocenters. The molecule has 2 rings (SSSR count). The van der Waals surface area contributed by atoms with E-state index in [1.165, 1.54) is 0 Å². The molecule has 1 saturated heterocycles. The summed E-state index contributed by atoms with van der Waals surface area (Å²) in [7, 11) is 0. The quantitative estimate of drug-likeness (QED) is 0.882. The minimum Gasteiger partial charge on any atom is -0.468 e. The molecule has 0 radical (unpaired) electrons. The zero-order chi connectivity index (χ0) is 14.5. The molecule has 1 aromatic heterocycles. The van der Waals surface area contributed by atoms with E-state index < -0.39 is 0 Å². The summed E-state index contributed by atoms with van der Waals surface area (Å²) in [6.45, 7) is 8.17. The first-order valence-electron chi connectivity index (χ1n) is 7.41. The van der Waals surface area contributed by atoms with Gasteiger partial charge in [0.15, 0.2) is 0 Å². The first kappa shape index (κ1) is 15.1. The number of carbonyl (C=O) groups excluding carboxylic acids is 1. The predicted molar refractivity (Wildman–Crippen MR) is 78.0 cm³/mol. The maximum absolute atomic E-state index is 12.3. The van der Waals surface area contributed by atoms with Gasteiger partial charge >= 0.3 is 0 Å². The Labute approximate surface area is 120 Å². The maximum Gasteiger partial charge on any atom is 0.239 e. The molecule has 2 heterocycles. The van der Waals surface area contributed by atoms with Crippen molar-refractivity contribution < 1.29 is 9.21 Å². The van der Waals surface area contributed by atoms with E-state index in [1.54, 1.807) is 6.26 Å². The molecule has 1 aliphatic rings. The van der Waals surface area contributed by atoms with Gasteiger partial charge in [0.2, 0.25) is 5.91 Å². The van der Waals surface area contributed by atoms with Crippen LogP contribution in [0.25, 0.3) is 0 Å². The average Bonchev–Trinajstić information content (AvgIpc) is 2.98. The maximum atomic E-state index is 12.3. The van der Waals surface area contributed by atoms with Crippen LogP contribution in [0.1, 0.15) is 26.0 Å². The lowest BCUT2D eigenvalue weighted by Crippen LogP contribution is -2.54. The monoisotopic (exact) mass is 279 g/mol. The minimum absolute atomic E-state index is 0.0944.